The summed E-state index contributed by atoms with van der Waals surface area (Å²) in [5.74, 6) is 0. The second-order valence-electron chi connectivity index (χ2n) is 7.36. The van der Waals surface area contributed by atoms with Crippen molar-refractivity contribution in [3.05, 3.63) is 29.8 Å². The van der Waals surface area contributed by atoms with Gasteiger partial charge in [-0.25, -0.2) is 0 Å². The summed E-state index contributed by atoms with van der Waals surface area (Å²) >= 11 is 0. The normalized spacial score (nSPS) is 30.4. The maximum atomic E-state index is 6.17. The molecular formula is C17H25NO2. The second kappa shape index (κ2) is 4.74. The van der Waals surface area contributed by atoms with Crippen LogP contribution in [0.2, 0.25) is 0 Å². The largest absolute Gasteiger partial charge is 0.378 e. The summed E-state index contributed by atoms with van der Waals surface area (Å²) in [5.41, 5.74) is 2.55. The SMILES string of the molecule is CC(C)(C)c1ccc(N2O[C@@]3(C)COCC[C@@H]2C3)cc1. The lowest BCUT2D eigenvalue weighted by molar-refractivity contribution is -0.0676. The van der Waals surface area contributed by atoms with Crippen LogP contribution in [-0.2, 0) is 15.0 Å². The highest BCUT2D eigenvalue weighted by molar-refractivity contribution is 5.48. The van der Waals surface area contributed by atoms with E-state index in [1.54, 1.807) is 0 Å². The average Bonchev–Trinajstić information content (AvgIpc) is 2.58. The highest BCUT2D eigenvalue weighted by Crippen LogP contribution is 2.38. The van der Waals surface area contributed by atoms with Gasteiger partial charge in [-0.3, -0.25) is 9.90 Å². The van der Waals surface area contributed by atoms with Crippen molar-refractivity contribution in [2.45, 2.75) is 57.6 Å². The Kier molecular flexibility index (Phi) is 3.30. The van der Waals surface area contributed by atoms with E-state index in [4.69, 9.17) is 9.57 Å². The van der Waals surface area contributed by atoms with Gasteiger partial charge in [0.1, 0.15) is 5.60 Å². The molecule has 0 aliphatic carbocycles. The van der Waals surface area contributed by atoms with Gasteiger partial charge >= 0.3 is 0 Å². The molecule has 1 aromatic rings. The molecule has 2 aliphatic heterocycles. The van der Waals surface area contributed by atoms with E-state index in [1.165, 1.54) is 5.56 Å². The maximum Gasteiger partial charge on any atom is 0.119 e. The predicted molar refractivity (Wildman–Crippen MR) is 81.0 cm³/mol. The van der Waals surface area contributed by atoms with Crippen LogP contribution in [0.4, 0.5) is 5.69 Å². The van der Waals surface area contributed by atoms with E-state index in [0.29, 0.717) is 12.6 Å². The van der Waals surface area contributed by atoms with Crippen LogP contribution >= 0.6 is 0 Å². The van der Waals surface area contributed by atoms with Gasteiger partial charge in [0.25, 0.3) is 0 Å². The molecule has 0 aromatic heterocycles. The molecule has 110 valence electrons. The van der Waals surface area contributed by atoms with E-state index in [9.17, 15) is 0 Å². The molecule has 2 aliphatic rings. The molecule has 2 atom stereocenters. The van der Waals surface area contributed by atoms with Crippen molar-refractivity contribution in [3.63, 3.8) is 0 Å². The van der Waals surface area contributed by atoms with E-state index in [2.05, 4.69) is 57.0 Å². The molecule has 0 amide bonds. The summed E-state index contributed by atoms with van der Waals surface area (Å²) in [6, 6.07) is 9.23. The minimum atomic E-state index is -0.163. The summed E-state index contributed by atoms with van der Waals surface area (Å²) in [4.78, 5) is 6.17. The van der Waals surface area contributed by atoms with Crippen LogP contribution in [0.3, 0.4) is 0 Å². The molecule has 0 radical (unpaired) electrons. The summed E-state index contributed by atoms with van der Waals surface area (Å²) in [6.45, 7) is 10.4. The minimum absolute atomic E-state index is 0.163. The van der Waals surface area contributed by atoms with Crippen molar-refractivity contribution in [1.82, 2.24) is 0 Å². The number of hydrogen-bond acceptors (Lipinski definition) is 3. The van der Waals surface area contributed by atoms with Gasteiger partial charge in [0, 0.05) is 13.0 Å². The predicted octanol–water partition coefficient (Wildman–Crippen LogP) is 3.67. The van der Waals surface area contributed by atoms with Gasteiger partial charge in [0.15, 0.2) is 0 Å². The van der Waals surface area contributed by atoms with Crippen LogP contribution in [0.15, 0.2) is 24.3 Å². The Hall–Kier alpha value is -1.06. The van der Waals surface area contributed by atoms with Crippen LogP contribution < -0.4 is 5.06 Å². The number of fused-ring (bicyclic) bond motifs is 2. The summed E-state index contributed by atoms with van der Waals surface area (Å²) in [7, 11) is 0. The Bertz CT molecular complexity index is 477. The number of benzene rings is 1. The van der Waals surface area contributed by atoms with Crippen LogP contribution in [0, 0.1) is 0 Å². The Morgan fingerprint density at radius 1 is 1.20 bits per heavy atom. The third-order valence-electron chi connectivity index (χ3n) is 4.31. The van der Waals surface area contributed by atoms with Crippen molar-refractivity contribution < 1.29 is 9.57 Å². The van der Waals surface area contributed by atoms with Gasteiger partial charge in [0.2, 0.25) is 0 Å². The third-order valence-corrected chi connectivity index (χ3v) is 4.31. The number of hydroxylamine groups is 1. The van der Waals surface area contributed by atoms with Gasteiger partial charge in [-0.05, 0) is 36.5 Å². The monoisotopic (exact) mass is 275 g/mol. The van der Waals surface area contributed by atoms with Crippen molar-refractivity contribution >= 4 is 5.69 Å². The summed E-state index contributed by atoms with van der Waals surface area (Å²) < 4.78 is 5.63. The zero-order chi connectivity index (χ0) is 14.4. The smallest absolute Gasteiger partial charge is 0.119 e. The molecule has 1 aromatic carbocycles. The first-order chi connectivity index (χ1) is 9.37. The molecule has 0 saturated carbocycles. The lowest BCUT2D eigenvalue weighted by Crippen LogP contribution is -2.35. The molecular weight excluding hydrogens is 250 g/mol. The fourth-order valence-electron chi connectivity index (χ4n) is 3.11. The molecule has 0 unspecified atom stereocenters. The van der Waals surface area contributed by atoms with Crippen molar-refractivity contribution in [1.29, 1.82) is 0 Å². The Labute approximate surface area is 121 Å². The lowest BCUT2D eigenvalue weighted by Gasteiger charge is -2.29. The highest BCUT2D eigenvalue weighted by Gasteiger charge is 2.44. The van der Waals surface area contributed by atoms with Gasteiger partial charge in [-0.15, -0.1) is 0 Å². The molecule has 2 fully saturated rings. The van der Waals surface area contributed by atoms with Crippen molar-refractivity contribution in [2.24, 2.45) is 0 Å². The average molecular weight is 275 g/mol. The van der Waals surface area contributed by atoms with E-state index >= 15 is 0 Å². The topological polar surface area (TPSA) is 21.7 Å². The minimum Gasteiger partial charge on any atom is -0.378 e. The van der Waals surface area contributed by atoms with Crippen molar-refractivity contribution in [3.8, 4) is 0 Å². The number of rotatable bonds is 1. The molecule has 2 saturated heterocycles. The van der Waals surface area contributed by atoms with Gasteiger partial charge in [-0.1, -0.05) is 32.9 Å². The molecule has 2 bridgehead atoms. The van der Waals surface area contributed by atoms with Crippen LogP contribution in [0.5, 0.6) is 0 Å². The fraction of sp³-hybridized carbons (Fsp3) is 0.647. The third kappa shape index (κ3) is 2.57. The molecule has 3 nitrogen and oxygen atoms in total. The Balaban J connectivity index is 1.83. The molecule has 2 heterocycles. The Morgan fingerprint density at radius 2 is 1.90 bits per heavy atom. The number of ether oxygens (including phenoxy) is 1. The van der Waals surface area contributed by atoms with E-state index < -0.39 is 0 Å². The molecule has 20 heavy (non-hydrogen) atoms. The lowest BCUT2D eigenvalue weighted by atomic mass is 9.87. The number of anilines is 1. The molecule has 0 N–H and O–H groups in total. The maximum absolute atomic E-state index is 6.17. The van der Waals surface area contributed by atoms with Gasteiger partial charge in [-0.2, -0.15) is 0 Å². The Morgan fingerprint density at radius 3 is 2.55 bits per heavy atom. The first kappa shape index (κ1) is 13.9. The fourth-order valence-corrected chi connectivity index (χ4v) is 3.11. The number of nitrogens with zero attached hydrogens (tertiary/aromatic N) is 1. The summed E-state index contributed by atoms with van der Waals surface area (Å²) in [6.07, 6.45) is 2.09. The molecule has 3 rings (SSSR count). The van der Waals surface area contributed by atoms with E-state index in [0.717, 1.165) is 25.1 Å². The molecule has 0 spiro atoms. The molecule has 3 heteroatoms. The van der Waals surface area contributed by atoms with Crippen LogP contribution in [0.1, 0.15) is 46.1 Å². The van der Waals surface area contributed by atoms with E-state index in [-0.39, 0.29) is 11.0 Å². The van der Waals surface area contributed by atoms with E-state index in [1.807, 2.05) is 0 Å². The summed E-state index contributed by atoms with van der Waals surface area (Å²) in [5, 5.41) is 2.11. The van der Waals surface area contributed by atoms with Crippen LogP contribution in [0.25, 0.3) is 0 Å². The highest BCUT2D eigenvalue weighted by atomic mass is 16.7. The zero-order valence-corrected chi connectivity index (χ0v) is 13.0. The number of hydrogen-bond donors (Lipinski definition) is 0. The van der Waals surface area contributed by atoms with Crippen LogP contribution in [-0.4, -0.2) is 24.9 Å². The second-order valence-corrected chi connectivity index (χ2v) is 7.36. The first-order valence-electron chi connectivity index (χ1n) is 7.54. The first-order valence-corrected chi connectivity index (χ1v) is 7.54. The van der Waals surface area contributed by atoms with Gasteiger partial charge in [0.05, 0.1) is 18.3 Å². The van der Waals surface area contributed by atoms with Crippen molar-refractivity contribution in [2.75, 3.05) is 18.3 Å². The van der Waals surface area contributed by atoms with Gasteiger partial charge < -0.3 is 4.74 Å². The zero-order valence-electron chi connectivity index (χ0n) is 13.0. The quantitative estimate of drug-likeness (QED) is 0.780. The standard InChI is InChI=1S/C17H25NO2/c1-16(2,3)13-5-7-14(8-6-13)18-15-9-10-19-12-17(4,11-15)20-18/h5-8,15H,9-12H2,1-4H3/t15-,17-/m1/s1.